The van der Waals surface area contributed by atoms with Crippen LogP contribution < -0.4 is 20.1 Å². The van der Waals surface area contributed by atoms with Crippen LogP contribution in [0.3, 0.4) is 0 Å². The van der Waals surface area contributed by atoms with Crippen molar-refractivity contribution in [1.29, 1.82) is 0 Å². The van der Waals surface area contributed by atoms with Crippen molar-refractivity contribution >= 4 is 11.8 Å². The van der Waals surface area contributed by atoms with Crippen molar-refractivity contribution in [3.8, 4) is 11.5 Å². The smallest absolute Gasteiger partial charge is 0.413 e. The summed E-state index contributed by atoms with van der Waals surface area (Å²) in [6, 6.07) is 4.03. The minimum Gasteiger partial charge on any atom is -0.496 e. The number of methoxy groups -OCH3 is 1. The molecule has 1 aromatic rings. The molecule has 0 spiro atoms. The van der Waals surface area contributed by atoms with Crippen LogP contribution in [0.25, 0.3) is 0 Å². The highest BCUT2D eigenvalue weighted by atomic mass is 16.6. The maximum atomic E-state index is 11.8. The third-order valence-electron chi connectivity index (χ3n) is 3.18. The van der Waals surface area contributed by atoms with Crippen LogP contribution >= 0.6 is 0 Å². The largest absolute Gasteiger partial charge is 0.496 e. The summed E-state index contributed by atoms with van der Waals surface area (Å²) in [4.78, 5) is 22.2. The van der Waals surface area contributed by atoms with E-state index in [1.165, 1.54) is 25.3 Å². The summed E-state index contributed by atoms with van der Waals surface area (Å²) < 4.78 is 9.95. The van der Waals surface area contributed by atoms with Crippen LogP contribution in [0.2, 0.25) is 0 Å². The van der Waals surface area contributed by atoms with Crippen LogP contribution in [0.4, 0.5) is 10.5 Å². The van der Waals surface area contributed by atoms with Gasteiger partial charge in [0.2, 0.25) is 5.75 Å². The van der Waals surface area contributed by atoms with Gasteiger partial charge < -0.3 is 20.1 Å². The lowest BCUT2D eigenvalue weighted by Gasteiger charge is -2.23. The first kappa shape index (κ1) is 15.0. The number of nitrogens with zero attached hydrogens (tertiary/aromatic N) is 1. The van der Waals surface area contributed by atoms with E-state index >= 15 is 0 Å². The number of carbonyl (C=O) groups is 1. The number of benzene rings is 1. The Bertz CT molecular complexity index is 529. The zero-order chi connectivity index (χ0) is 15.2. The molecule has 1 aromatic carbocycles. The van der Waals surface area contributed by atoms with Gasteiger partial charge in [0.05, 0.1) is 18.1 Å². The van der Waals surface area contributed by atoms with Crippen molar-refractivity contribution in [3.63, 3.8) is 0 Å². The van der Waals surface area contributed by atoms with Gasteiger partial charge >= 0.3 is 11.8 Å². The molecule has 1 atom stereocenters. The third-order valence-corrected chi connectivity index (χ3v) is 3.18. The SMILES string of the molecule is COc1ccc(OC(=O)N[C@H]2CCCNC2)c([N+](=O)[O-])c1. The molecule has 0 unspecified atom stereocenters. The van der Waals surface area contributed by atoms with Gasteiger partial charge in [0, 0.05) is 12.6 Å². The van der Waals surface area contributed by atoms with E-state index in [2.05, 4.69) is 10.6 Å². The van der Waals surface area contributed by atoms with E-state index < -0.39 is 11.0 Å². The van der Waals surface area contributed by atoms with Crippen molar-refractivity contribution < 1.29 is 19.2 Å². The molecule has 0 aliphatic carbocycles. The van der Waals surface area contributed by atoms with Crippen molar-refractivity contribution in [2.75, 3.05) is 20.2 Å². The first-order valence-electron chi connectivity index (χ1n) is 6.61. The fourth-order valence-corrected chi connectivity index (χ4v) is 2.12. The maximum absolute atomic E-state index is 11.8. The van der Waals surface area contributed by atoms with Crippen molar-refractivity contribution in [1.82, 2.24) is 10.6 Å². The molecule has 2 rings (SSSR count). The quantitative estimate of drug-likeness (QED) is 0.643. The number of carbonyl (C=O) groups excluding carboxylic acids is 1. The Morgan fingerprint density at radius 2 is 2.33 bits per heavy atom. The minimum atomic E-state index is -0.697. The van der Waals surface area contributed by atoms with Gasteiger partial charge in [-0.2, -0.15) is 0 Å². The molecular formula is C13H17N3O5. The molecule has 0 radical (unpaired) electrons. The highest BCUT2D eigenvalue weighted by Gasteiger charge is 2.21. The van der Waals surface area contributed by atoms with Gasteiger partial charge in [-0.25, -0.2) is 4.79 Å². The summed E-state index contributed by atoms with van der Waals surface area (Å²) in [6.45, 7) is 1.59. The molecule has 1 heterocycles. The molecule has 0 aromatic heterocycles. The highest BCUT2D eigenvalue weighted by Crippen LogP contribution is 2.31. The van der Waals surface area contributed by atoms with Crippen LogP contribution in [0.5, 0.6) is 11.5 Å². The summed E-state index contributed by atoms with van der Waals surface area (Å²) in [5.41, 5.74) is -0.314. The predicted octanol–water partition coefficient (Wildman–Crippen LogP) is 1.44. The van der Waals surface area contributed by atoms with Crippen LogP contribution in [0.15, 0.2) is 18.2 Å². The topological polar surface area (TPSA) is 103 Å². The van der Waals surface area contributed by atoms with Crippen LogP contribution in [-0.2, 0) is 0 Å². The van der Waals surface area contributed by atoms with Gasteiger partial charge in [-0.1, -0.05) is 0 Å². The van der Waals surface area contributed by atoms with Gasteiger partial charge in [-0.15, -0.1) is 0 Å². The molecule has 0 bridgehead atoms. The summed E-state index contributed by atoms with van der Waals surface area (Å²) >= 11 is 0. The van der Waals surface area contributed by atoms with E-state index in [0.29, 0.717) is 12.3 Å². The van der Waals surface area contributed by atoms with E-state index in [-0.39, 0.29) is 17.5 Å². The lowest BCUT2D eigenvalue weighted by molar-refractivity contribution is -0.385. The summed E-state index contributed by atoms with van der Waals surface area (Å²) in [5.74, 6) is 0.216. The Balaban J connectivity index is 2.04. The summed E-state index contributed by atoms with van der Waals surface area (Å²) in [7, 11) is 1.41. The second-order valence-corrected chi connectivity index (χ2v) is 4.67. The Morgan fingerprint density at radius 1 is 1.52 bits per heavy atom. The zero-order valence-corrected chi connectivity index (χ0v) is 11.6. The molecule has 1 amide bonds. The van der Waals surface area contributed by atoms with E-state index in [9.17, 15) is 14.9 Å². The maximum Gasteiger partial charge on any atom is 0.413 e. The Kier molecular flexibility index (Phi) is 4.94. The van der Waals surface area contributed by atoms with Crippen molar-refractivity contribution in [2.45, 2.75) is 18.9 Å². The Hall–Kier alpha value is -2.35. The van der Waals surface area contributed by atoms with Gasteiger partial charge in [0.25, 0.3) is 0 Å². The highest BCUT2D eigenvalue weighted by molar-refractivity contribution is 5.72. The Labute approximate surface area is 121 Å². The van der Waals surface area contributed by atoms with E-state index in [4.69, 9.17) is 9.47 Å². The first-order chi connectivity index (χ1) is 10.1. The number of amides is 1. The number of hydrogen-bond donors (Lipinski definition) is 2. The predicted molar refractivity (Wildman–Crippen MR) is 74.7 cm³/mol. The van der Waals surface area contributed by atoms with Gasteiger partial charge in [0.15, 0.2) is 0 Å². The fraction of sp³-hybridized carbons (Fsp3) is 0.462. The number of nitro benzene ring substituents is 1. The number of nitro groups is 1. The fourth-order valence-electron chi connectivity index (χ4n) is 2.12. The summed E-state index contributed by atoms with van der Waals surface area (Å²) in [6.07, 6.45) is 1.12. The molecule has 0 saturated carbocycles. The number of piperidine rings is 1. The van der Waals surface area contributed by atoms with E-state index in [1.807, 2.05) is 0 Å². The number of hydrogen-bond acceptors (Lipinski definition) is 6. The molecule has 2 N–H and O–H groups in total. The van der Waals surface area contributed by atoms with Crippen molar-refractivity contribution in [2.24, 2.45) is 0 Å². The second-order valence-electron chi connectivity index (χ2n) is 4.67. The van der Waals surface area contributed by atoms with Crippen LogP contribution in [0, 0.1) is 10.1 Å². The van der Waals surface area contributed by atoms with Gasteiger partial charge in [-0.05, 0) is 31.5 Å². The van der Waals surface area contributed by atoms with Crippen LogP contribution in [-0.4, -0.2) is 37.3 Å². The van der Waals surface area contributed by atoms with Crippen LogP contribution in [0.1, 0.15) is 12.8 Å². The van der Waals surface area contributed by atoms with E-state index in [0.717, 1.165) is 19.4 Å². The van der Waals surface area contributed by atoms with Gasteiger partial charge in [0.1, 0.15) is 5.75 Å². The average molecular weight is 295 g/mol. The van der Waals surface area contributed by atoms with Crippen molar-refractivity contribution in [3.05, 3.63) is 28.3 Å². The first-order valence-corrected chi connectivity index (χ1v) is 6.61. The summed E-state index contributed by atoms with van der Waals surface area (Å²) in [5, 5.41) is 16.8. The lowest BCUT2D eigenvalue weighted by atomic mass is 10.1. The number of nitrogens with one attached hydrogen (secondary N) is 2. The zero-order valence-electron chi connectivity index (χ0n) is 11.6. The lowest BCUT2D eigenvalue weighted by Crippen LogP contribution is -2.46. The average Bonchev–Trinajstić information content (AvgIpc) is 2.48. The van der Waals surface area contributed by atoms with Gasteiger partial charge in [-0.3, -0.25) is 10.1 Å². The minimum absolute atomic E-state index is 0.0245. The molecular weight excluding hydrogens is 278 g/mol. The Morgan fingerprint density at radius 3 is 2.95 bits per heavy atom. The normalized spacial score (nSPS) is 17.9. The molecule has 1 aliphatic rings. The molecule has 21 heavy (non-hydrogen) atoms. The third kappa shape index (κ3) is 4.06. The second kappa shape index (κ2) is 6.89. The standard InChI is InChI=1S/C13H17N3O5/c1-20-10-4-5-12(11(7-10)16(18)19)21-13(17)15-9-3-2-6-14-8-9/h4-5,7,9,14H,2-3,6,8H2,1H3,(H,15,17)/t9-/m0/s1. The molecule has 1 fully saturated rings. The number of rotatable bonds is 4. The molecule has 1 aliphatic heterocycles. The van der Waals surface area contributed by atoms with E-state index in [1.54, 1.807) is 0 Å². The monoisotopic (exact) mass is 295 g/mol. The number of ether oxygens (including phenoxy) is 2. The molecule has 1 saturated heterocycles. The molecule has 8 nitrogen and oxygen atoms in total. The molecule has 114 valence electrons. The molecule has 8 heteroatoms.